The molecule has 0 saturated heterocycles. The SMILES string of the molecule is CC(C)Cc1ccc2c(c1)C(=O)C(C)(C)C2. The summed E-state index contributed by atoms with van der Waals surface area (Å²) in [6, 6.07) is 6.42. The second-order valence-electron chi connectivity index (χ2n) is 5.98. The summed E-state index contributed by atoms with van der Waals surface area (Å²) in [5, 5.41) is 0. The molecule has 0 fully saturated rings. The Hall–Kier alpha value is -1.11. The van der Waals surface area contributed by atoms with Crippen LogP contribution in [0.25, 0.3) is 0 Å². The molecule has 2 rings (SSSR count). The fourth-order valence-corrected chi connectivity index (χ4v) is 2.51. The smallest absolute Gasteiger partial charge is 0.169 e. The molecule has 0 N–H and O–H groups in total. The third-order valence-corrected chi connectivity index (χ3v) is 3.31. The van der Waals surface area contributed by atoms with Crippen LogP contribution in [0.5, 0.6) is 0 Å². The highest BCUT2D eigenvalue weighted by molar-refractivity contribution is 6.04. The van der Waals surface area contributed by atoms with Crippen molar-refractivity contribution in [2.24, 2.45) is 11.3 Å². The Labute approximate surface area is 97.9 Å². The maximum atomic E-state index is 12.2. The van der Waals surface area contributed by atoms with Gasteiger partial charge in [0.15, 0.2) is 5.78 Å². The highest BCUT2D eigenvalue weighted by atomic mass is 16.1. The van der Waals surface area contributed by atoms with E-state index < -0.39 is 0 Å². The van der Waals surface area contributed by atoms with Crippen LogP contribution < -0.4 is 0 Å². The molecule has 0 aliphatic heterocycles. The minimum absolute atomic E-state index is 0.196. The first-order valence-corrected chi connectivity index (χ1v) is 6.07. The Morgan fingerprint density at radius 2 is 2.00 bits per heavy atom. The zero-order valence-corrected chi connectivity index (χ0v) is 10.6. The van der Waals surface area contributed by atoms with Crippen molar-refractivity contribution in [2.75, 3.05) is 0 Å². The second kappa shape index (κ2) is 3.73. The van der Waals surface area contributed by atoms with E-state index in [4.69, 9.17) is 0 Å². The van der Waals surface area contributed by atoms with Crippen molar-refractivity contribution in [2.45, 2.75) is 40.5 Å². The lowest BCUT2D eigenvalue weighted by atomic mass is 9.89. The van der Waals surface area contributed by atoms with Crippen LogP contribution in [0.15, 0.2) is 18.2 Å². The van der Waals surface area contributed by atoms with E-state index in [0.717, 1.165) is 18.4 Å². The second-order valence-corrected chi connectivity index (χ2v) is 5.98. The average molecular weight is 216 g/mol. The van der Waals surface area contributed by atoms with Crippen LogP contribution in [0, 0.1) is 11.3 Å². The molecule has 1 aliphatic carbocycles. The lowest BCUT2D eigenvalue weighted by molar-refractivity contribution is 0.0863. The first kappa shape index (κ1) is 11.4. The summed E-state index contributed by atoms with van der Waals surface area (Å²) in [7, 11) is 0. The highest BCUT2D eigenvalue weighted by Gasteiger charge is 2.37. The van der Waals surface area contributed by atoms with Crippen LogP contribution in [0.2, 0.25) is 0 Å². The Balaban J connectivity index is 2.35. The normalized spacial score (nSPS) is 17.9. The molecule has 16 heavy (non-hydrogen) atoms. The maximum Gasteiger partial charge on any atom is 0.169 e. The Morgan fingerprint density at radius 3 is 2.62 bits per heavy atom. The summed E-state index contributed by atoms with van der Waals surface area (Å²) in [5.74, 6) is 0.954. The van der Waals surface area contributed by atoms with Crippen molar-refractivity contribution in [1.82, 2.24) is 0 Å². The minimum Gasteiger partial charge on any atom is -0.294 e. The molecule has 1 heteroatoms. The molecule has 0 bridgehead atoms. The van der Waals surface area contributed by atoms with Crippen LogP contribution in [0.4, 0.5) is 0 Å². The molecular weight excluding hydrogens is 196 g/mol. The van der Waals surface area contributed by atoms with Gasteiger partial charge in [-0.3, -0.25) is 4.79 Å². The number of carbonyl (C=O) groups is 1. The molecule has 0 heterocycles. The summed E-state index contributed by atoms with van der Waals surface area (Å²) in [6.07, 6.45) is 1.95. The van der Waals surface area contributed by atoms with Crippen molar-refractivity contribution in [1.29, 1.82) is 0 Å². The summed E-state index contributed by atoms with van der Waals surface area (Å²) >= 11 is 0. The van der Waals surface area contributed by atoms with Crippen molar-refractivity contribution in [3.8, 4) is 0 Å². The molecule has 1 aromatic rings. The molecule has 1 aliphatic rings. The van der Waals surface area contributed by atoms with Gasteiger partial charge in [0.05, 0.1) is 0 Å². The van der Waals surface area contributed by atoms with Gasteiger partial charge in [-0.25, -0.2) is 0 Å². The Morgan fingerprint density at radius 1 is 1.31 bits per heavy atom. The molecule has 0 spiro atoms. The van der Waals surface area contributed by atoms with Crippen LogP contribution in [-0.2, 0) is 12.8 Å². The zero-order chi connectivity index (χ0) is 11.9. The zero-order valence-electron chi connectivity index (χ0n) is 10.6. The van der Waals surface area contributed by atoms with E-state index in [2.05, 4.69) is 32.0 Å². The topological polar surface area (TPSA) is 17.1 Å². The highest BCUT2D eigenvalue weighted by Crippen LogP contribution is 2.36. The van der Waals surface area contributed by atoms with Gasteiger partial charge in [-0.15, -0.1) is 0 Å². The molecule has 0 saturated carbocycles. The number of carbonyl (C=O) groups excluding carboxylic acids is 1. The summed E-state index contributed by atoms with van der Waals surface area (Å²) in [5.41, 5.74) is 3.28. The van der Waals surface area contributed by atoms with Crippen LogP contribution in [0.1, 0.15) is 49.2 Å². The lowest BCUT2D eigenvalue weighted by Crippen LogP contribution is -2.18. The van der Waals surface area contributed by atoms with Gasteiger partial charge in [0.2, 0.25) is 0 Å². The molecule has 0 radical (unpaired) electrons. The molecule has 86 valence electrons. The van der Waals surface area contributed by atoms with E-state index in [9.17, 15) is 4.79 Å². The quantitative estimate of drug-likeness (QED) is 0.737. The van der Waals surface area contributed by atoms with E-state index in [1.165, 1.54) is 11.1 Å². The van der Waals surface area contributed by atoms with E-state index >= 15 is 0 Å². The number of fused-ring (bicyclic) bond motifs is 1. The van der Waals surface area contributed by atoms with Crippen molar-refractivity contribution in [3.05, 3.63) is 34.9 Å². The monoisotopic (exact) mass is 216 g/mol. The fourth-order valence-electron chi connectivity index (χ4n) is 2.51. The summed E-state index contributed by atoms with van der Waals surface area (Å²) in [4.78, 5) is 12.2. The minimum atomic E-state index is -0.196. The summed E-state index contributed by atoms with van der Waals surface area (Å²) < 4.78 is 0. The predicted molar refractivity (Wildman–Crippen MR) is 66.8 cm³/mol. The van der Waals surface area contributed by atoms with Crippen LogP contribution in [0.3, 0.4) is 0 Å². The number of Topliss-reactive ketones (excluding diaryl/α,β-unsaturated/α-hetero) is 1. The number of hydrogen-bond acceptors (Lipinski definition) is 1. The van der Waals surface area contributed by atoms with Gasteiger partial charge in [0, 0.05) is 11.0 Å². The van der Waals surface area contributed by atoms with Gasteiger partial charge >= 0.3 is 0 Å². The van der Waals surface area contributed by atoms with Gasteiger partial charge in [-0.1, -0.05) is 39.8 Å². The van der Waals surface area contributed by atoms with Crippen molar-refractivity contribution in [3.63, 3.8) is 0 Å². The van der Waals surface area contributed by atoms with Gasteiger partial charge in [0.1, 0.15) is 0 Å². The first-order valence-electron chi connectivity index (χ1n) is 6.07. The first-order chi connectivity index (χ1) is 7.40. The third kappa shape index (κ3) is 1.91. The molecular formula is C15H20O. The molecule has 0 aromatic heterocycles. The molecule has 1 nitrogen and oxygen atoms in total. The molecule has 1 aromatic carbocycles. The van der Waals surface area contributed by atoms with Crippen molar-refractivity contribution < 1.29 is 4.79 Å². The van der Waals surface area contributed by atoms with Crippen LogP contribution in [-0.4, -0.2) is 5.78 Å². The molecule has 0 amide bonds. The Kier molecular flexibility index (Phi) is 2.65. The predicted octanol–water partition coefficient (Wildman–Crippen LogP) is 3.65. The standard InChI is InChI=1S/C15H20O/c1-10(2)7-11-5-6-12-9-15(3,4)14(16)13(12)8-11/h5-6,8,10H,7,9H2,1-4H3. The van der Waals surface area contributed by atoms with E-state index in [1.54, 1.807) is 0 Å². The number of ketones is 1. The fraction of sp³-hybridized carbons (Fsp3) is 0.533. The van der Waals surface area contributed by atoms with Gasteiger partial charge < -0.3 is 0 Å². The van der Waals surface area contributed by atoms with Crippen LogP contribution >= 0.6 is 0 Å². The lowest BCUT2D eigenvalue weighted by Gasteiger charge is -2.13. The average Bonchev–Trinajstić information content (AvgIpc) is 2.38. The maximum absolute atomic E-state index is 12.2. The van der Waals surface area contributed by atoms with E-state index in [0.29, 0.717) is 11.7 Å². The number of benzene rings is 1. The van der Waals surface area contributed by atoms with E-state index in [1.807, 2.05) is 13.8 Å². The number of rotatable bonds is 2. The summed E-state index contributed by atoms with van der Waals surface area (Å²) in [6.45, 7) is 8.49. The largest absolute Gasteiger partial charge is 0.294 e. The van der Waals surface area contributed by atoms with Gasteiger partial charge in [-0.2, -0.15) is 0 Å². The van der Waals surface area contributed by atoms with Crippen molar-refractivity contribution >= 4 is 5.78 Å². The van der Waals surface area contributed by atoms with Gasteiger partial charge in [0.25, 0.3) is 0 Å². The number of hydrogen-bond donors (Lipinski definition) is 0. The third-order valence-electron chi connectivity index (χ3n) is 3.31. The molecule has 0 atom stereocenters. The molecule has 0 unspecified atom stereocenters. The Bertz CT molecular complexity index is 427. The van der Waals surface area contributed by atoms with E-state index in [-0.39, 0.29) is 5.41 Å². The van der Waals surface area contributed by atoms with Gasteiger partial charge in [-0.05, 0) is 36.0 Å².